The summed E-state index contributed by atoms with van der Waals surface area (Å²) in [7, 11) is 1.52. The van der Waals surface area contributed by atoms with E-state index >= 15 is 0 Å². The third kappa shape index (κ3) is 62.8. The lowest BCUT2D eigenvalue weighted by Gasteiger charge is -2.27. The first-order chi connectivity index (χ1) is 39.9. The van der Waals surface area contributed by atoms with Crippen LogP contribution in [0, 0.1) is 0 Å². The number of carbonyl (C=O) groups is 2. The second-order valence-electron chi connectivity index (χ2n) is 25.8. The Balaban J connectivity index is 4.97. The molecule has 10 heteroatoms. The smallest absolute Gasteiger partial charge is 0.456 e. The summed E-state index contributed by atoms with van der Waals surface area (Å²) in [5.74, 6) is -0.483. The van der Waals surface area contributed by atoms with Gasteiger partial charge in [-0.25, -0.2) is 4.57 Å². The Hall–Kier alpha value is -1.77. The molecule has 82 heavy (non-hydrogen) atoms. The number of phosphoric acid groups is 1. The molecule has 0 aromatic heterocycles. The molecule has 0 aliphatic rings. The average molecular weight is 1180 g/mol. The van der Waals surface area contributed by atoms with Crippen LogP contribution in [-0.4, -0.2) is 74.3 Å². The number of hydrogen-bond donors (Lipinski definition) is 2. The Morgan fingerprint density at radius 3 is 1.12 bits per heavy atom. The van der Waals surface area contributed by atoms with Crippen LogP contribution in [0.4, 0.5) is 0 Å². The molecule has 0 saturated carbocycles. The van der Waals surface area contributed by atoms with Crippen LogP contribution in [0.2, 0.25) is 0 Å². The lowest BCUT2D eigenvalue weighted by Crippen LogP contribution is -2.47. The Morgan fingerprint density at radius 2 is 0.744 bits per heavy atom. The van der Waals surface area contributed by atoms with Crippen LogP contribution in [0.15, 0.2) is 36.5 Å². The normalized spacial score (nSPS) is 13.7. The number of ether oxygens (including phenoxy) is 1. The van der Waals surface area contributed by atoms with Gasteiger partial charge in [0.1, 0.15) is 19.3 Å². The number of hydrogen-bond acceptors (Lipinski definition) is 6. The second-order valence-corrected chi connectivity index (χ2v) is 27.2. The molecule has 2 N–H and O–H groups in total. The minimum atomic E-state index is -4.45. The van der Waals surface area contributed by atoms with Crippen LogP contribution in [0.5, 0.6) is 0 Å². The van der Waals surface area contributed by atoms with E-state index in [0.717, 1.165) is 64.2 Å². The molecule has 9 nitrogen and oxygen atoms in total. The maximum absolute atomic E-state index is 13.6. The van der Waals surface area contributed by atoms with Gasteiger partial charge in [-0.05, 0) is 63.9 Å². The maximum Gasteiger partial charge on any atom is 0.472 e. The van der Waals surface area contributed by atoms with Crippen molar-refractivity contribution in [3.05, 3.63) is 36.5 Å². The van der Waals surface area contributed by atoms with Gasteiger partial charge in [-0.3, -0.25) is 18.6 Å². The van der Waals surface area contributed by atoms with Gasteiger partial charge in [0.25, 0.3) is 0 Å². The lowest BCUT2D eigenvalue weighted by atomic mass is 10.0. The number of quaternary nitrogens is 1. The Morgan fingerprint density at radius 1 is 0.427 bits per heavy atom. The van der Waals surface area contributed by atoms with E-state index in [0.29, 0.717) is 23.9 Å². The molecule has 0 aromatic carbocycles. The van der Waals surface area contributed by atoms with Crippen molar-refractivity contribution in [3.8, 4) is 0 Å². The highest BCUT2D eigenvalue weighted by atomic mass is 31.2. The molecule has 0 rings (SSSR count). The first-order valence-corrected chi connectivity index (χ1v) is 37.3. The molecule has 3 unspecified atom stereocenters. The van der Waals surface area contributed by atoms with Gasteiger partial charge >= 0.3 is 13.8 Å². The molecule has 0 aromatic rings. The SMILES string of the molecule is CCCCC/C=C\C/C=C\CCCCCCCCCCCCCCCCCCCC(=O)NC(COP(=O)(O)OCC[N+](C)(C)C)C(/C=C\CCCCCCCCCCCC)OC(=O)CCCCCCCCCCCCCCCCCCC. The topological polar surface area (TPSA) is 111 Å². The zero-order valence-electron chi connectivity index (χ0n) is 55.5. The average Bonchev–Trinajstić information content (AvgIpc) is 3.47. The van der Waals surface area contributed by atoms with Crippen molar-refractivity contribution >= 4 is 19.7 Å². The molecule has 0 heterocycles. The highest BCUT2D eigenvalue weighted by molar-refractivity contribution is 7.47. The van der Waals surface area contributed by atoms with Crippen LogP contribution in [0.1, 0.15) is 361 Å². The van der Waals surface area contributed by atoms with E-state index in [1.807, 2.05) is 33.3 Å². The van der Waals surface area contributed by atoms with Gasteiger partial charge in [0.05, 0.1) is 33.8 Å². The number of nitrogens with zero attached hydrogens (tertiary/aromatic N) is 1. The molecule has 0 aliphatic heterocycles. The third-order valence-corrected chi connectivity index (χ3v) is 17.3. The monoisotopic (exact) mass is 1180 g/mol. The fourth-order valence-corrected chi connectivity index (χ4v) is 11.5. The van der Waals surface area contributed by atoms with E-state index in [9.17, 15) is 19.0 Å². The van der Waals surface area contributed by atoms with Gasteiger partial charge in [0.2, 0.25) is 5.91 Å². The van der Waals surface area contributed by atoms with Crippen molar-refractivity contribution < 1.29 is 37.3 Å². The van der Waals surface area contributed by atoms with Gasteiger partial charge in [-0.15, -0.1) is 0 Å². The molecule has 1 amide bonds. The van der Waals surface area contributed by atoms with E-state index < -0.39 is 20.0 Å². The summed E-state index contributed by atoms with van der Waals surface area (Å²) in [6, 6.07) is -0.844. The van der Waals surface area contributed by atoms with E-state index in [-0.39, 0.29) is 25.1 Å². The van der Waals surface area contributed by atoms with Crippen molar-refractivity contribution in [3.63, 3.8) is 0 Å². The van der Waals surface area contributed by atoms with E-state index in [2.05, 4.69) is 50.4 Å². The molecule has 0 aliphatic carbocycles. The van der Waals surface area contributed by atoms with Crippen molar-refractivity contribution in [2.75, 3.05) is 40.9 Å². The summed E-state index contributed by atoms with van der Waals surface area (Å²) >= 11 is 0. The van der Waals surface area contributed by atoms with Crippen molar-refractivity contribution in [1.29, 1.82) is 0 Å². The number of carbonyl (C=O) groups excluding carboxylic acids is 2. The van der Waals surface area contributed by atoms with Crippen LogP contribution < -0.4 is 5.32 Å². The maximum atomic E-state index is 13.6. The molecule has 0 fully saturated rings. The van der Waals surface area contributed by atoms with Crippen molar-refractivity contribution in [2.24, 2.45) is 0 Å². The summed E-state index contributed by atoms with van der Waals surface area (Å²) in [5, 5.41) is 3.08. The predicted molar refractivity (Wildman–Crippen MR) is 356 cm³/mol. The van der Waals surface area contributed by atoms with Crippen LogP contribution in [-0.2, 0) is 27.9 Å². The third-order valence-electron chi connectivity index (χ3n) is 16.3. The van der Waals surface area contributed by atoms with Gasteiger partial charge in [-0.2, -0.15) is 0 Å². The van der Waals surface area contributed by atoms with E-state index in [1.165, 1.54) is 263 Å². The molecule has 484 valence electrons. The van der Waals surface area contributed by atoms with Crippen LogP contribution in [0.25, 0.3) is 0 Å². The summed E-state index contributed by atoms with van der Waals surface area (Å²) in [6.07, 6.45) is 77.3. The standard InChI is InChI=1S/C72H139N2O7P/c1-7-10-13-16-19-22-25-28-30-32-33-34-35-36-37-38-39-40-41-43-44-46-49-52-55-58-61-64-71(75)73-69(68-80-82(77,78)79-67-66-74(4,5)6)70(63-60-57-54-51-48-27-24-21-18-15-12-9-3)81-72(76)65-62-59-56-53-50-47-45-42-31-29-26-23-20-17-14-11-8-2/h19,22,28,30,60,63,69-70H,7-18,20-21,23-27,29,31-59,61-62,64-68H2,1-6H3,(H-,73,75,77,78)/p+1/b22-19-,30-28-,63-60-. The highest BCUT2D eigenvalue weighted by Gasteiger charge is 2.30. The fraction of sp³-hybridized carbons (Fsp3) is 0.889. The van der Waals surface area contributed by atoms with Gasteiger partial charge < -0.3 is 19.4 Å². The summed E-state index contributed by atoms with van der Waals surface area (Å²) < 4.78 is 30.8. The van der Waals surface area contributed by atoms with Crippen molar-refractivity contribution in [2.45, 2.75) is 373 Å². The minimum Gasteiger partial charge on any atom is -0.456 e. The number of esters is 1. The number of likely N-dealkylation sites (N-methyl/N-ethyl adjacent to an activating group) is 1. The fourth-order valence-electron chi connectivity index (χ4n) is 10.8. The first kappa shape index (κ1) is 80.2. The first-order valence-electron chi connectivity index (χ1n) is 35.8. The van der Waals surface area contributed by atoms with Gasteiger partial charge in [0, 0.05) is 12.8 Å². The Bertz CT molecular complexity index is 1500. The Labute approximate surface area is 510 Å². The number of phosphoric ester groups is 1. The quantitative estimate of drug-likeness (QED) is 0.0205. The molecule has 3 atom stereocenters. The van der Waals surface area contributed by atoms with Crippen LogP contribution in [0.3, 0.4) is 0 Å². The zero-order valence-corrected chi connectivity index (χ0v) is 56.4. The second kappa shape index (κ2) is 62.3. The summed E-state index contributed by atoms with van der Waals surface area (Å²) in [6.45, 7) is 7.05. The lowest BCUT2D eigenvalue weighted by molar-refractivity contribution is -0.870. The Kier molecular flexibility index (Phi) is 60.9. The number of amides is 1. The number of unbranched alkanes of at least 4 members (excludes halogenated alkanes) is 46. The van der Waals surface area contributed by atoms with Crippen molar-refractivity contribution in [1.82, 2.24) is 5.32 Å². The van der Waals surface area contributed by atoms with E-state index in [1.54, 1.807) is 0 Å². The molecule has 0 bridgehead atoms. The zero-order chi connectivity index (χ0) is 60.0. The van der Waals surface area contributed by atoms with Gasteiger partial charge in [-0.1, -0.05) is 321 Å². The predicted octanol–water partition coefficient (Wildman–Crippen LogP) is 22.6. The molecule has 0 radical (unpaired) electrons. The van der Waals surface area contributed by atoms with E-state index in [4.69, 9.17) is 13.8 Å². The van der Waals surface area contributed by atoms with Crippen LogP contribution >= 0.6 is 7.82 Å². The minimum absolute atomic E-state index is 0.0439. The highest BCUT2D eigenvalue weighted by Crippen LogP contribution is 2.43. The number of allylic oxidation sites excluding steroid dienone is 5. The number of nitrogens with one attached hydrogen (secondary N) is 1. The molecule has 0 spiro atoms. The largest absolute Gasteiger partial charge is 0.472 e. The summed E-state index contributed by atoms with van der Waals surface area (Å²) in [4.78, 5) is 37.9. The number of rotatable bonds is 66. The molecular weight excluding hydrogens is 1040 g/mol. The summed E-state index contributed by atoms with van der Waals surface area (Å²) in [5.41, 5.74) is 0. The molecule has 0 saturated heterocycles. The van der Waals surface area contributed by atoms with Gasteiger partial charge in [0.15, 0.2) is 0 Å². The molecular formula is C72H140N2O7P+.